The first kappa shape index (κ1) is 15.3. The van der Waals surface area contributed by atoms with Crippen molar-refractivity contribution in [2.24, 2.45) is 0 Å². The maximum atomic E-state index is 3.82. The molecule has 1 saturated heterocycles. The van der Waals surface area contributed by atoms with E-state index in [1.54, 1.807) is 0 Å². The van der Waals surface area contributed by atoms with Crippen LogP contribution in [0.15, 0.2) is 0 Å². The van der Waals surface area contributed by atoms with E-state index in [-0.39, 0.29) is 0 Å². The Morgan fingerprint density at radius 2 is 2.12 bits per heavy atom. The van der Waals surface area contributed by atoms with Crippen molar-refractivity contribution in [3.05, 3.63) is 0 Å². The van der Waals surface area contributed by atoms with E-state index in [4.69, 9.17) is 0 Å². The molecule has 17 heavy (non-hydrogen) atoms. The monoisotopic (exact) mass is 258 g/mol. The minimum absolute atomic E-state index is 0.687. The van der Waals surface area contributed by atoms with E-state index in [1.165, 1.54) is 56.8 Å². The van der Waals surface area contributed by atoms with Crippen molar-refractivity contribution in [3.8, 4) is 0 Å². The highest BCUT2D eigenvalue weighted by Crippen LogP contribution is 2.12. The largest absolute Gasteiger partial charge is 0.311 e. The Labute approximate surface area is 112 Å². The third-order valence-corrected chi connectivity index (χ3v) is 4.62. The summed E-state index contributed by atoms with van der Waals surface area (Å²) in [5, 5.41) is 3.82. The molecule has 2 nitrogen and oxygen atoms in total. The molecule has 102 valence electrons. The first-order chi connectivity index (χ1) is 8.26. The zero-order chi connectivity index (χ0) is 12.5. The molecule has 0 bridgehead atoms. The Morgan fingerprint density at radius 3 is 2.82 bits per heavy atom. The predicted octanol–water partition coefficient (Wildman–Crippen LogP) is 2.98. The van der Waals surface area contributed by atoms with Gasteiger partial charge in [-0.1, -0.05) is 13.8 Å². The van der Waals surface area contributed by atoms with E-state index >= 15 is 0 Å². The minimum Gasteiger partial charge on any atom is -0.311 e. The fraction of sp³-hybridized carbons (Fsp3) is 1.00. The lowest BCUT2D eigenvalue weighted by Gasteiger charge is -2.22. The van der Waals surface area contributed by atoms with Crippen molar-refractivity contribution in [1.82, 2.24) is 10.2 Å². The third-order valence-electron chi connectivity index (χ3n) is 3.69. The van der Waals surface area contributed by atoms with Crippen LogP contribution in [0.25, 0.3) is 0 Å². The summed E-state index contributed by atoms with van der Waals surface area (Å²) in [4.78, 5) is 2.58. The zero-order valence-electron chi connectivity index (χ0n) is 11.9. The summed E-state index contributed by atoms with van der Waals surface area (Å²) in [5.41, 5.74) is 0. The van der Waals surface area contributed by atoms with Crippen LogP contribution in [-0.4, -0.2) is 48.1 Å². The van der Waals surface area contributed by atoms with E-state index in [9.17, 15) is 0 Å². The van der Waals surface area contributed by atoms with Crippen LogP contribution in [0.5, 0.6) is 0 Å². The molecule has 1 heterocycles. The molecule has 0 aliphatic carbocycles. The van der Waals surface area contributed by atoms with Crippen molar-refractivity contribution in [1.29, 1.82) is 0 Å². The van der Waals surface area contributed by atoms with Crippen molar-refractivity contribution in [2.45, 2.75) is 58.5 Å². The first-order valence-corrected chi connectivity index (χ1v) is 8.47. The van der Waals surface area contributed by atoms with E-state index < -0.39 is 0 Å². The molecule has 0 amide bonds. The maximum absolute atomic E-state index is 3.82. The number of thioether (sulfide) groups is 1. The Hall–Kier alpha value is 0.270. The highest BCUT2D eigenvalue weighted by molar-refractivity contribution is 7.99. The molecule has 1 aliphatic heterocycles. The van der Waals surface area contributed by atoms with Gasteiger partial charge in [0.15, 0.2) is 0 Å². The van der Waals surface area contributed by atoms with Crippen molar-refractivity contribution >= 4 is 11.8 Å². The molecule has 0 aromatic heterocycles. The molecule has 2 unspecified atom stereocenters. The number of likely N-dealkylation sites (tertiary alicyclic amines) is 1. The van der Waals surface area contributed by atoms with Gasteiger partial charge < -0.3 is 10.2 Å². The quantitative estimate of drug-likeness (QED) is 0.707. The molecule has 0 saturated carbocycles. The van der Waals surface area contributed by atoms with Crippen molar-refractivity contribution in [3.63, 3.8) is 0 Å². The normalized spacial score (nSPS) is 24.5. The molecule has 2 atom stereocenters. The second-order valence-corrected chi connectivity index (χ2v) is 6.51. The number of rotatable bonds is 7. The van der Waals surface area contributed by atoms with E-state index in [2.05, 4.69) is 42.7 Å². The van der Waals surface area contributed by atoms with Crippen molar-refractivity contribution < 1.29 is 0 Å². The molecule has 0 aromatic carbocycles. The second kappa shape index (κ2) is 9.23. The molecular weight excluding hydrogens is 228 g/mol. The van der Waals surface area contributed by atoms with Gasteiger partial charge in [-0.15, -0.1) is 0 Å². The Balaban J connectivity index is 2.17. The molecular formula is C14H30N2S. The van der Waals surface area contributed by atoms with Crippen LogP contribution < -0.4 is 5.32 Å². The summed E-state index contributed by atoms with van der Waals surface area (Å²) in [5.74, 6) is 2.56. The predicted molar refractivity (Wildman–Crippen MR) is 80.0 cm³/mol. The summed E-state index contributed by atoms with van der Waals surface area (Å²) in [6.07, 6.45) is 5.37. The number of hydrogen-bond acceptors (Lipinski definition) is 3. The third kappa shape index (κ3) is 6.68. The molecule has 0 radical (unpaired) electrons. The summed E-state index contributed by atoms with van der Waals surface area (Å²) >= 11 is 2.06. The number of nitrogens with one attached hydrogen (secondary N) is 1. The maximum Gasteiger partial charge on any atom is 0.00821 e. The Bertz CT molecular complexity index is 187. The topological polar surface area (TPSA) is 15.3 Å². The fourth-order valence-electron chi connectivity index (χ4n) is 2.53. The first-order valence-electron chi connectivity index (χ1n) is 7.32. The lowest BCUT2D eigenvalue weighted by Crippen LogP contribution is -2.37. The smallest absolute Gasteiger partial charge is 0.00821 e. The van der Waals surface area contributed by atoms with Gasteiger partial charge in [-0.05, 0) is 63.7 Å². The molecule has 1 N–H and O–H groups in total. The average Bonchev–Trinajstić information content (AvgIpc) is 2.54. The lowest BCUT2D eigenvalue weighted by molar-refractivity contribution is 0.295. The summed E-state index contributed by atoms with van der Waals surface area (Å²) in [6, 6.07) is 1.44. The van der Waals surface area contributed by atoms with Crippen molar-refractivity contribution in [2.75, 3.05) is 31.1 Å². The van der Waals surface area contributed by atoms with E-state index in [0.717, 1.165) is 6.04 Å². The number of hydrogen-bond donors (Lipinski definition) is 1. The van der Waals surface area contributed by atoms with Gasteiger partial charge in [0, 0.05) is 12.1 Å². The lowest BCUT2D eigenvalue weighted by atomic mass is 10.1. The minimum atomic E-state index is 0.687. The molecule has 3 heteroatoms. The van der Waals surface area contributed by atoms with E-state index in [0.29, 0.717) is 6.04 Å². The van der Waals surface area contributed by atoms with Crippen LogP contribution in [0.3, 0.4) is 0 Å². The zero-order valence-corrected chi connectivity index (χ0v) is 12.7. The average molecular weight is 258 g/mol. The van der Waals surface area contributed by atoms with Crippen LogP contribution in [0.1, 0.15) is 46.5 Å². The van der Waals surface area contributed by atoms with Crippen LogP contribution in [0.2, 0.25) is 0 Å². The van der Waals surface area contributed by atoms with Gasteiger partial charge in [-0.2, -0.15) is 11.8 Å². The molecule has 1 fully saturated rings. The number of nitrogens with zero attached hydrogens (tertiary/aromatic N) is 1. The van der Waals surface area contributed by atoms with Gasteiger partial charge in [-0.25, -0.2) is 0 Å². The second-order valence-electron chi connectivity index (χ2n) is 5.12. The molecule has 1 aliphatic rings. The fourth-order valence-corrected chi connectivity index (χ4v) is 3.34. The summed E-state index contributed by atoms with van der Waals surface area (Å²) in [7, 11) is 0. The Morgan fingerprint density at radius 1 is 1.29 bits per heavy atom. The van der Waals surface area contributed by atoms with E-state index in [1.807, 2.05) is 0 Å². The summed E-state index contributed by atoms with van der Waals surface area (Å²) < 4.78 is 0. The van der Waals surface area contributed by atoms with Gasteiger partial charge in [0.25, 0.3) is 0 Å². The molecule has 0 aromatic rings. The SMILES string of the molecule is CCSCCC(C)NC1CCCN(CC)CC1. The van der Waals surface area contributed by atoms with Crippen LogP contribution in [0, 0.1) is 0 Å². The van der Waals surface area contributed by atoms with Gasteiger partial charge in [0.1, 0.15) is 0 Å². The summed E-state index contributed by atoms with van der Waals surface area (Å²) in [6.45, 7) is 10.7. The van der Waals surface area contributed by atoms with Gasteiger partial charge in [0.2, 0.25) is 0 Å². The van der Waals surface area contributed by atoms with Gasteiger partial charge in [0.05, 0.1) is 0 Å². The van der Waals surface area contributed by atoms with Gasteiger partial charge in [-0.3, -0.25) is 0 Å². The molecule has 0 spiro atoms. The van der Waals surface area contributed by atoms with Gasteiger partial charge >= 0.3 is 0 Å². The highest BCUT2D eigenvalue weighted by atomic mass is 32.2. The standard InChI is InChI=1S/C14H30N2S/c1-4-16-10-6-7-14(8-11-16)15-13(3)9-12-17-5-2/h13-15H,4-12H2,1-3H3. The van der Waals surface area contributed by atoms with Crippen LogP contribution in [0.4, 0.5) is 0 Å². The molecule has 1 rings (SSSR count). The highest BCUT2D eigenvalue weighted by Gasteiger charge is 2.17. The van der Waals surface area contributed by atoms with Crippen LogP contribution in [-0.2, 0) is 0 Å². The Kier molecular flexibility index (Phi) is 8.33. The van der Waals surface area contributed by atoms with Crippen LogP contribution >= 0.6 is 11.8 Å².